The molecule has 1 N–H and O–H groups in total. The molecule has 4 nitrogen and oxygen atoms in total. The van der Waals surface area contributed by atoms with Crippen LogP contribution in [0.1, 0.15) is 32.3 Å². The Morgan fingerprint density at radius 2 is 2.22 bits per heavy atom. The van der Waals surface area contributed by atoms with Crippen molar-refractivity contribution in [1.82, 2.24) is 9.88 Å². The van der Waals surface area contributed by atoms with Gasteiger partial charge in [0.2, 0.25) is 5.91 Å². The molecule has 0 saturated heterocycles. The third kappa shape index (κ3) is 4.09. The van der Waals surface area contributed by atoms with Crippen molar-refractivity contribution in [3.63, 3.8) is 0 Å². The molecular formula is C19H25N3O. The van der Waals surface area contributed by atoms with Gasteiger partial charge in [0.25, 0.3) is 0 Å². The number of amides is 1. The molecule has 1 amide bonds. The van der Waals surface area contributed by atoms with E-state index in [1.165, 1.54) is 0 Å². The second kappa shape index (κ2) is 7.27. The largest absolute Gasteiger partial charge is 0.374 e. The van der Waals surface area contributed by atoms with Crippen LogP contribution in [0, 0.1) is 5.92 Å². The van der Waals surface area contributed by atoms with Gasteiger partial charge in [-0.15, -0.1) is 0 Å². The Bertz CT molecular complexity index is 656. The molecule has 1 fully saturated rings. The molecule has 4 heteroatoms. The van der Waals surface area contributed by atoms with E-state index in [0.29, 0.717) is 5.82 Å². The topological polar surface area (TPSA) is 45.2 Å². The summed E-state index contributed by atoms with van der Waals surface area (Å²) in [4.78, 5) is 18.4. The Hall–Kier alpha value is -2.36. The maximum Gasteiger partial charge on any atom is 0.228 e. The molecule has 1 aliphatic carbocycles. The highest BCUT2D eigenvalue weighted by Crippen LogP contribution is 2.31. The van der Waals surface area contributed by atoms with E-state index in [1.54, 1.807) is 6.20 Å². The normalized spacial score (nSPS) is 14.7. The molecule has 0 aromatic carbocycles. The van der Waals surface area contributed by atoms with E-state index < -0.39 is 0 Å². The summed E-state index contributed by atoms with van der Waals surface area (Å²) >= 11 is 0. The molecule has 0 radical (unpaired) electrons. The van der Waals surface area contributed by atoms with Crippen LogP contribution in [0.25, 0.3) is 5.70 Å². The van der Waals surface area contributed by atoms with Gasteiger partial charge in [-0.3, -0.25) is 4.79 Å². The SMILES string of the molecule is C=C/C(C(=C)C)=C(\c1ccnc(NC(=O)C2CC2)c1)N(C)CC. The average molecular weight is 311 g/mol. The van der Waals surface area contributed by atoms with Crippen LogP contribution in [0.5, 0.6) is 0 Å². The van der Waals surface area contributed by atoms with Crippen LogP contribution < -0.4 is 5.32 Å². The predicted octanol–water partition coefficient (Wildman–Crippen LogP) is 3.86. The van der Waals surface area contributed by atoms with Gasteiger partial charge in [-0.05, 0) is 44.4 Å². The standard InChI is InChI=1S/C19H25N3O/c1-6-16(13(3)4)18(22(5)7-2)15-10-11-20-17(12-15)21-19(23)14-8-9-14/h6,10-12,14H,1,3,7-9H2,2,4-5H3,(H,20,21,23)/b18-16-. The number of hydrogen-bond acceptors (Lipinski definition) is 3. The summed E-state index contributed by atoms with van der Waals surface area (Å²) < 4.78 is 0. The second-order valence-electron chi connectivity index (χ2n) is 5.95. The van der Waals surface area contributed by atoms with Crippen LogP contribution in [0.4, 0.5) is 5.82 Å². The summed E-state index contributed by atoms with van der Waals surface area (Å²) in [6.45, 7) is 12.9. The first-order valence-electron chi connectivity index (χ1n) is 7.99. The van der Waals surface area contributed by atoms with E-state index in [4.69, 9.17) is 0 Å². The molecule has 0 spiro atoms. The maximum atomic E-state index is 11.9. The van der Waals surface area contributed by atoms with E-state index in [9.17, 15) is 4.79 Å². The first-order valence-corrected chi connectivity index (χ1v) is 7.99. The molecule has 0 aliphatic heterocycles. The Kier molecular flexibility index (Phi) is 5.37. The van der Waals surface area contributed by atoms with Crippen LogP contribution in [0.2, 0.25) is 0 Å². The lowest BCUT2D eigenvalue weighted by Gasteiger charge is -2.24. The van der Waals surface area contributed by atoms with Crippen molar-refractivity contribution in [2.24, 2.45) is 5.92 Å². The fourth-order valence-corrected chi connectivity index (χ4v) is 2.43. The zero-order valence-electron chi connectivity index (χ0n) is 14.2. The molecule has 23 heavy (non-hydrogen) atoms. The molecule has 1 saturated carbocycles. The molecule has 1 aromatic heterocycles. The van der Waals surface area contributed by atoms with Gasteiger partial charge < -0.3 is 10.2 Å². The molecule has 0 bridgehead atoms. The molecule has 2 rings (SSSR count). The third-order valence-corrected chi connectivity index (χ3v) is 4.01. The van der Waals surface area contributed by atoms with Crippen LogP contribution in [0.15, 0.2) is 48.7 Å². The van der Waals surface area contributed by atoms with Crippen molar-refractivity contribution in [2.75, 3.05) is 18.9 Å². The van der Waals surface area contributed by atoms with Crippen molar-refractivity contribution in [1.29, 1.82) is 0 Å². The Morgan fingerprint density at radius 3 is 2.74 bits per heavy atom. The lowest BCUT2D eigenvalue weighted by atomic mass is 10.0. The van der Waals surface area contributed by atoms with Gasteiger partial charge in [0.05, 0.1) is 5.70 Å². The third-order valence-electron chi connectivity index (χ3n) is 4.01. The molecule has 1 aromatic rings. The number of hydrogen-bond donors (Lipinski definition) is 1. The predicted molar refractivity (Wildman–Crippen MR) is 95.8 cm³/mol. The van der Waals surface area contributed by atoms with E-state index in [-0.39, 0.29) is 11.8 Å². The molecule has 0 unspecified atom stereocenters. The highest BCUT2D eigenvalue weighted by Gasteiger charge is 2.29. The summed E-state index contributed by atoms with van der Waals surface area (Å²) in [5.74, 6) is 0.812. The van der Waals surface area contributed by atoms with Gasteiger partial charge in [0, 0.05) is 36.8 Å². The fourth-order valence-electron chi connectivity index (χ4n) is 2.43. The first kappa shape index (κ1) is 17.0. The summed E-state index contributed by atoms with van der Waals surface area (Å²) in [5.41, 5.74) is 3.99. The molecule has 1 aliphatic rings. The number of nitrogens with zero attached hydrogens (tertiary/aromatic N) is 2. The number of rotatable bonds is 7. The number of carbonyl (C=O) groups is 1. The minimum absolute atomic E-state index is 0.0628. The number of anilines is 1. The maximum absolute atomic E-state index is 11.9. The summed E-state index contributed by atoms with van der Waals surface area (Å²) in [6, 6.07) is 3.86. The average Bonchev–Trinajstić information content (AvgIpc) is 3.36. The van der Waals surface area contributed by atoms with Gasteiger partial charge >= 0.3 is 0 Å². The summed E-state index contributed by atoms with van der Waals surface area (Å²) in [7, 11) is 2.03. The minimum atomic E-state index is 0.0628. The monoisotopic (exact) mass is 311 g/mol. The minimum Gasteiger partial charge on any atom is -0.374 e. The Labute approximate surface area is 138 Å². The molecule has 122 valence electrons. The number of pyridine rings is 1. The Morgan fingerprint density at radius 1 is 1.52 bits per heavy atom. The number of aromatic nitrogens is 1. The second-order valence-corrected chi connectivity index (χ2v) is 5.95. The van der Waals surface area contributed by atoms with Crippen molar-refractivity contribution < 1.29 is 4.79 Å². The lowest BCUT2D eigenvalue weighted by Crippen LogP contribution is -2.19. The zero-order valence-corrected chi connectivity index (χ0v) is 14.2. The molecule has 0 atom stereocenters. The van der Waals surface area contributed by atoms with Crippen molar-refractivity contribution in [2.45, 2.75) is 26.7 Å². The van der Waals surface area contributed by atoms with E-state index >= 15 is 0 Å². The van der Waals surface area contributed by atoms with Crippen LogP contribution >= 0.6 is 0 Å². The quantitative estimate of drug-likeness (QED) is 0.778. The van der Waals surface area contributed by atoms with Crippen molar-refractivity contribution >= 4 is 17.4 Å². The van der Waals surface area contributed by atoms with Gasteiger partial charge in [-0.25, -0.2) is 4.98 Å². The van der Waals surface area contributed by atoms with Crippen LogP contribution in [-0.2, 0) is 4.79 Å². The van der Waals surface area contributed by atoms with Crippen LogP contribution in [-0.4, -0.2) is 29.4 Å². The fraction of sp³-hybridized carbons (Fsp3) is 0.368. The van der Waals surface area contributed by atoms with Crippen molar-refractivity contribution in [3.05, 3.63) is 54.3 Å². The summed E-state index contributed by atoms with van der Waals surface area (Å²) in [6.07, 6.45) is 5.50. The van der Waals surface area contributed by atoms with E-state index in [0.717, 1.165) is 41.8 Å². The van der Waals surface area contributed by atoms with E-state index in [1.807, 2.05) is 32.2 Å². The highest BCUT2D eigenvalue weighted by molar-refractivity contribution is 5.93. The highest BCUT2D eigenvalue weighted by atomic mass is 16.2. The lowest BCUT2D eigenvalue weighted by molar-refractivity contribution is -0.117. The van der Waals surface area contributed by atoms with Crippen molar-refractivity contribution in [3.8, 4) is 0 Å². The number of allylic oxidation sites excluding steroid dienone is 3. The zero-order chi connectivity index (χ0) is 17.0. The number of nitrogens with one attached hydrogen (secondary N) is 1. The van der Waals surface area contributed by atoms with Gasteiger partial charge in [0.15, 0.2) is 0 Å². The van der Waals surface area contributed by atoms with E-state index in [2.05, 4.69) is 35.3 Å². The van der Waals surface area contributed by atoms with Gasteiger partial charge in [-0.1, -0.05) is 19.2 Å². The first-order chi connectivity index (χ1) is 11.0. The van der Waals surface area contributed by atoms with Gasteiger partial charge in [-0.2, -0.15) is 0 Å². The van der Waals surface area contributed by atoms with Gasteiger partial charge in [0.1, 0.15) is 5.82 Å². The molecule has 1 heterocycles. The summed E-state index contributed by atoms with van der Waals surface area (Å²) in [5, 5.41) is 2.90. The smallest absolute Gasteiger partial charge is 0.228 e. The van der Waals surface area contributed by atoms with Crippen LogP contribution in [0.3, 0.4) is 0 Å². The molecular weight excluding hydrogens is 286 g/mol. The Balaban J connectivity index is 2.40. The number of carbonyl (C=O) groups excluding carboxylic acids is 1.